The largest absolute Gasteiger partial charge is 0.507 e. The predicted molar refractivity (Wildman–Crippen MR) is 121 cm³/mol. The number of likely N-dealkylation sites (tertiary alicyclic amines) is 1. The van der Waals surface area contributed by atoms with Crippen molar-refractivity contribution in [1.29, 1.82) is 0 Å². The van der Waals surface area contributed by atoms with Crippen LogP contribution in [0.15, 0.2) is 65.6 Å². The highest BCUT2D eigenvalue weighted by atomic mass is 32.1. The molecule has 3 aromatic rings. The fourth-order valence-electron chi connectivity index (χ4n) is 3.91. The zero-order chi connectivity index (χ0) is 22.8. The fraction of sp³-hybridized carbons (Fsp3) is 0.200. The van der Waals surface area contributed by atoms with E-state index in [1.807, 2.05) is 30.5 Å². The van der Waals surface area contributed by atoms with Gasteiger partial charge in [-0.3, -0.25) is 9.59 Å². The molecule has 1 aliphatic rings. The maximum atomic E-state index is 13.2. The maximum Gasteiger partial charge on any atom is 0.295 e. The second kappa shape index (κ2) is 8.96. The minimum atomic E-state index is -0.733. The number of carbonyl (C=O) groups excluding carboxylic acids is 2. The molecule has 1 fully saturated rings. The Hall–Kier alpha value is -3.45. The standard InChI is InChI=1S/C25H22FNO4S/c1-15-5-10-19(31-2)18(14-15)23(28)21-22(20-4-3-13-32-20)27(25(30)24(21)29)12-11-16-6-8-17(26)9-7-16/h3-10,13-14,22,28H,11-12H2,1-2H3/b23-21-. The van der Waals surface area contributed by atoms with Gasteiger partial charge in [0.15, 0.2) is 0 Å². The fourth-order valence-corrected chi connectivity index (χ4v) is 4.75. The van der Waals surface area contributed by atoms with Gasteiger partial charge in [0.2, 0.25) is 0 Å². The summed E-state index contributed by atoms with van der Waals surface area (Å²) in [4.78, 5) is 28.3. The lowest BCUT2D eigenvalue weighted by molar-refractivity contribution is -0.139. The van der Waals surface area contributed by atoms with Crippen LogP contribution in [-0.4, -0.2) is 35.4 Å². The number of nitrogens with zero attached hydrogens (tertiary/aromatic N) is 1. The van der Waals surface area contributed by atoms with Gasteiger partial charge >= 0.3 is 0 Å². The summed E-state index contributed by atoms with van der Waals surface area (Å²) in [5, 5.41) is 13.1. The number of hydrogen-bond acceptors (Lipinski definition) is 5. The van der Waals surface area contributed by atoms with Crippen molar-refractivity contribution in [2.24, 2.45) is 0 Å². The Kier molecular flexibility index (Phi) is 6.10. The number of thiophene rings is 1. The second-order valence-electron chi connectivity index (χ2n) is 7.59. The quantitative estimate of drug-likeness (QED) is 0.330. The topological polar surface area (TPSA) is 66.8 Å². The summed E-state index contributed by atoms with van der Waals surface area (Å²) in [6.07, 6.45) is 0.447. The minimum absolute atomic E-state index is 0.0421. The zero-order valence-corrected chi connectivity index (χ0v) is 18.5. The zero-order valence-electron chi connectivity index (χ0n) is 17.7. The van der Waals surface area contributed by atoms with Gasteiger partial charge in [0.05, 0.1) is 24.3 Å². The summed E-state index contributed by atoms with van der Waals surface area (Å²) in [6.45, 7) is 2.12. The van der Waals surface area contributed by atoms with Crippen molar-refractivity contribution in [2.45, 2.75) is 19.4 Å². The maximum absolute atomic E-state index is 13.2. The molecule has 7 heteroatoms. The first-order chi connectivity index (χ1) is 15.4. The van der Waals surface area contributed by atoms with Crippen molar-refractivity contribution < 1.29 is 23.8 Å². The third-order valence-electron chi connectivity index (χ3n) is 5.52. The third kappa shape index (κ3) is 4.03. The van der Waals surface area contributed by atoms with E-state index in [1.165, 1.54) is 35.5 Å². The molecule has 5 nitrogen and oxygen atoms in total. The summed E-state index contributed by atoms with van der Waals surface area (Å²) >= 11 is 1.41. The Morgan fingerprint density at radius 1 is 1.16 bits per heavy atom. The Balaban J connectivity index is 1.77. The highest BCUT2D eigenvalue weighted by Gasteiger charge is 2.46. The number of halogens is 1. The number of ketones is 1. The molecule has 0 spiro atoms. The van der Waals surface area contributed by atoms with Crippen molar-refractivity contribution in [3.05, 3.63) is 92.9 Å². The molecule has 2 aromatic carbocycles. The van der Waals surface area contributed by atoms with Gasteiger partial charge in [-0.25, -0.2) is 4.39 Å². The van der Waals surface area contributed by atoms with Crippen molar-refractivity contribution in [3.63, 3.8) is 0 Å². The highest BCUT2D eigenvalue weighted by molar-refractivity contribution is 7.10. The first-order valence-corrected chi connectivity index (χ1v) is 11.0. The van der Waals surface area contributed by atoms with Gasteiger partial charge in [0, 0.05) is 11.4 Å². The molecule has 0 saturated carbocycles. The number of aryl methyl sites for hydroxylation is 1. The number of benzene rings is 2. The molecule has 32 heavy (non-hydrogen) atoms. The molecule has 1 aliphatic heterocycles. The van der Waals surface area contributed by atoms with Crippen molar-refractivity contribution in [1.82, 2.24) is 4.90 Å². The van der Waals surface area contributed by atoms with E-state index in [4.69, 9.17) is 4.74 Å². The normalized spacial score (nSPS) is 17.7. The Morgan fingerprint density at radius 3 is 2.56 bits per heavy atom. The molecule has 0 aliphatic carbocycles. The lowest BCUT2D eigenvalue weighted by Gasteiger charge is -2.24. The highest BCUT2D eigenvalue weighted by Crippen LogP contribution is 2.42. The smallest absolute Gasteiger partial charge is 0.295 e. The number of methoxy groups -OCH3 is 1. The van der Waals surface area contributed by atoms with E-state index < -0.39 is 17.7 Å². The van der Waals surface area contributed by atoms with Crippen LogP contribution in [0.4, 0.5) is 4.39 Å². The SMILES string of the molecule is COc1ccc(C)cc1/C(O)=C1/C(=O)C(=O)N(CCc2ccc(F)cc2)C1c1cccs1. The van der Waals surface area contributed by atoms with Crippen LogP contribution < -0.4 is 4.74 Å². The predicted octanol–water partition coefficient (Wildman–Crippen LogP) is 4.87. The number of amides is 1. The molecule has 0 radical (unpaired) electrons. The summed E-state index contributed by atoms with van der Waals surface area (Å²) in [7, 11) is 1.49. The van der Waals surface area contributed by atoms with Gasteiger partial charge in [-0.05, 0) is 54.6 Å². The summed E-state index contributed by atoms with van der Waals surface area (Å²) < 4.78 is 18.6. The average molecular weight is 452 g/mol. The summed E-state index contributed by atoms with van der Waals surface area (Å²) in [5.74, 6) is -1.58. The van der Waals surface area contributed by atoms with E-state index >= 15 is 0 Å². The van der Waals surface area contributed by atoms with E-state index in [2.05, 4.69) is 0 Å². The van der Waals surface area contributed by atoms with Crippen molar-refractivity contribution >= 4 is 28.8 Å². The Bertz CT molecular complexity index is 1190. The van der Waals surface area contributed by atoms with Gasteiger partial charge in [0.1, 0.15) is 17.3 Å². The molecule has 2 heterocycles. The first kappa shape index (κ1) is 21.8. The molecule has 1 N–H and O–H groups in total. The molecule has 1 unspecified atom stereocenters. The van der Waals surface area contributed by atoms with Gasteiger partial charge in [-0.15, -0.1) is 11.3 Å². The van der Waals surface area contributed by atoms with Crippen molar-refractivity contribution in [3.8, 4) is 5.75 Å². The minimum Gasteiger partial charge on any atom is -0.507 e. The van der Waals surface area contributed by atoms with Crippen LogP contribution in [0.5, 0.6) is 5.75 Å². The number of Topliss-reactive ketones (excluding diaryl/α,β-unsaturated/α-hetero) is 1. The molecule has 1 amide bonds. The first-order valence-electron chi connectivity index (χ1n) is 10.1. The van der Waals surface area contributed by atoms with Crippen LogP contribution in [0.3, 0.4) is 0 Å². The van der Waals surface area contributed by atoms with Gasteiger partial charge in [-0.1, -0.05) is 29.8 Å². The summed E-state index contributed by atoms with van der Waals surface area (Å²) in [6, 6.07) is 14.3. The van der Waals surface area contributed by atoms with Gasteiger partial charge in [0.25, 0.3) is 11.7 Å². The van der Waals surface area contributed by atoms with Gasteiger partial charge in [-0.2, -0.15) is 0 Å². The van der Waals surface area contributed by atoms with Crippen LogP contribution in [0.25, 0.3) is 5.76 Å². The van der Waals surface area contributed by atoms with E-state index in [9.17, 15) is 19.1 Å². The van der Waals surface area contributed by atoms with E-state index in [0.29, 0.717) is 17.7 Å². The lowest BCUT2D eigenvalue weighted by Crippen LogP contribution is -2.31. The lowest BCUT2D eigenvalue weighted by atomic mass is 9.98. The van der Waals surface area contributed by atoms with E-state index in [-0.39, 0.29) is 23.7 Å². The molecule has 1 atom stereocenters. The van der Waals surface area contributed by atoms with Crippen LogP contribution in [0.2, 0.25) is 0 Å². The van der Waals surface area contributed by atoms with E-state index in [1.54, 1.807) is 24.3 Å². The molecule has 4 rings (SSSR count). The Labute approximate surface area is 189 Å². The number of aliphatic hydroxyl groups excluding tert-OH is 1. The molecule has 1 saturated heterocycles. The number of aliphatic hydroxyl groups is 1. The average Bonchev–Trinajstić information content (AvgIpc) is 3.40. The Morgan fingerprint density at radius 2 is 1.91 bits per heavy atom. The molecular formula is C25H22FNO4S. The molecular weight excluding hydrogens is 429 g/mol. The van der Waals surface area contributed by atoms with Crippen LogP contribution >= 0.6 is 11.3 Å². The molecule has 0 bridgehead atoms. The van der Waals surface area contributed by atoms with Crippen LogP contribution in [0.1, 0.15) is 27.6 Å². The van der Waals surface area contributed by atoms with Crippen LogP contribution in [0, 0.1) is 12.7 Å². The van der Waals surface area contributed by atoms with Gasteiger partial charge < -0.3 is 14.7 Å². The third-order valence-corrected chi connectivity index (χ3v) is 6.44. The number of ether oxygens (including phenoxy) is 1. The molecule has 1 aromatic heterocycles. The second-order valence-corrected chi connectivity index (χ2v) is 8.57. The number of hydrogen-bond donors (Lipinski definition) is 1. The number of carbonyl (C=O) groups is 2. The van der Waals surface area contributed by atoms with Crippen molar-refractivity contribution in [2.75, 3.05) is 13.7 Å². The monoisotopic (exact) mass is 451 g/mol. The van der Waals surface area contributed by atoms with Crippen LogP contribution in [-0.2, 0) is 16.0 Å². The van der Waals surface area contributed by atoms with E-state index in [0.717, 1.165) is 16.0 Å². The number of rotatable bonds is 6. The molecule has 164 valence electrons. The summed E-state index contributed by atoms with van der Waals surface area (Å²) in [5.41, 5.74) is 2.13.